The Labute approximate surface area is 112 Å². The van der Waals surface area contributed by atoms with Crippen molar-refractivity contribution in [3.05, 3.63) is 48.8 Å². The topological polar surface area (TPSA) is 63.8 Å². The number of benzene rings is 2. The highest BCUT2D eigenvalue weighted by atomic mass is 15.0. The first-order valence-electron chi connectivity index (χ1n) is 5.85. The number of fused-ring (bicyclic) bond motifs is 1. The maximum absolute atomic E-state index is 5.81. The lowest BCUT2D eigenvalue weighted by Crippen LogP contribution is -2.03. The third-order valence-electron chi connectivity index (χ3n) is 2.81. The monoisotopic (exact) mass is 246 g/mol. The summed E-state index contributed by atoms with van der Waals surface area (Å²) in [5, 5.41) is 4.11. The van der Waals surface area contributed by atoms with E-state index in [4.69, 9.17) is 13.6 Å². The van der Waals surface area contributed by atoms with Gasteiger partial charge in [0.15, 0.2) is 0 Å². The van der Waals surface area contributed by atoms with Crippen molar-refractivity contribution in [3.63, 3.8) is 0 Å². The fraction of sp³-hybridized carbons (Fsp3) is 0. The molecular weight excluding hydrogens is 235 g/mol. The minimum Gasteiger partial charge on any atom is -0.399 e. The van der Waals surface area contributed by atoms with Gasteiger partial charge in [-0.1, -0.05) is 17.6 Å². The molecule has 5 heteroatoms. The largest absolute Gasteiger partial charge is 0.399 e. The van der Waals surface area contributed by atoms with Gasteiger partial charge in [-0.15, -0.1) is 0 Å². The van der Waals surface area contributed by atoms with Gasteiger partial charge in [-0.05, 0) is 30.3 Å². The highest BCUT2D eigenvalue weighted by Gasteiger charge is 2.04. The molecule has 1 aromatic heterocycles. The van der Waals surface area contributed by atoms with E-state index in [-0.39, 0.29) is 0 Å². The number of nitrogens with one attached hydrogen (secondary N) is 1. The zero-order chi connectivity index (χ0) is 13.2. The summed E-state index contributed by atoms with van der Waals surface area (Å²) in [6.45, 7) is 0. The Morgan fingerprint density at radius 1 is 1.05 bits per heavy atom. The Morgan fingerprint density at radius 3 is 2.79 bits per heavy atom. The normalized spacial score (nSPS) is 10.5. The number of rotatable bonds is 2. The average Bonchev–Trinajstić information content (AvgIpc) is 2.39. The van der Waals surface area contributed by atoms with Crippen LogP contribution in [-0.2, 0) is 0 Å². The van der Waals surface area contributed by atoms with Crippen molar-refractivity contribution < 1.29 is 0 Å². The smallest absolute Gasteiger partial charge is 0.141 e. The second-order valence-electron chi connectivity index (χ2n) is 4.25. The van der Waals surface area contributed by atoms with E-state index in [2.05, 4.69) is 15.3 Å². The van der Waals surface area contributed by atoms with Gasteiger partial charge >= 0.3 is 0 Å². The summed E-state index contributed by atoms with van der Waals surface area (Å²) < 4.78 is 0. The number of hydrogen-bond acceptors (Lipinski definition) is 4. The van der Waals surface area contributed by atoms with Crippen LogP contribution in [0.4, 0.5) is 17.2 Å². The summed E-state index contributed by atoms with van der Waals surface area (Å²) in [4.78, 5) is 8.47. The summed E-state index contributed by atoms with van der Waals surface area (Å²) in [5.74, 6) is 0.711. The number of hydrogen-bond donors (Lipinski definition) is 2. The first kappa shape index (κ1) is 11.5. The summed E-state index contributed by atoms with van der Waals surface area (Å²) in [6, 6.07) is 13.0. The minimum absolute atomic E-state index is 0.679. The molecule has 4 nitrogen and oxygen atoms in total. The van der Waals surface area contributed by atoms with Crippen LogP contribution in [0.25, 0.3) is 10.9 Å². The molecule has 0 saturated heterocycles. The van der Waals surface area contributed by atoms with Crippen molar-refractivity contribution in [2.24, 2.45) is 0 Å². The molecule has 0 amide bonds. The van der Waals surface area contributed by atoms with Crippen LogP contribution in [0.15, 0.2) is 48.8 Å². The van der Waals surface area contributed by atoms with Gasteiger partial charge in [0.1, 0.15) is 20.0 Å². The van der Waals surface area contributed by atoms with Crippen LogP contribution in [0, 0.1) is 0 Å². The predicted octanol–water partition coefficient (Wildman–Crippen LogP) is 1.75. The van der Waals surface area contributed by atoms with Gasteiger partial charge < -0.3 is 11.1 Å². The molecular formula is C14H11BN4. The van der Waals surface area contributed by atoms with Crippen LogP contribution >= 0.6 is 0 Å². The fourth-order valence-electron chi connectivity index (χ4n) is 1.93. The molecule has 0 fully saturated rings. The number of nitrogens with two attached hydrogens (primary N) is 1. The molecule has 0 spiro atoms. The van der Waals surface area contributed by atoms with E-state index in [1.54, 1.807) is 0 Å². The van der Waals surface area contributed by atoms with Crippen molar-refractivity contribution >= 4 is 41.4 Å². The van der Waals surface area contributed by atoms with Crippen LogP contribution in [-0.4, -0.2) is 17.8 Å². The van der Waals surface area contributed by atoms with Crippen LogP contribution in [0.1, 0.15) is 0 Å². The van der Waals surface area contributed by atoms with Crippen LogP contribution in [0.3, 0.4) is 0 Å². The molecule has 0 aliphatic rings. The standard InChI is InChI=1S/C14H11BN4/c15-9-2-1-3-11(6-9)19-14-12-7-10(16)4-5-13(12)17-8-18-14/h1-8H,16H2,(H,17,18,19). The Balaban J connectivity index is 2.07. The molecule has 19 heavy (non-hydrogen) atoms. The molecule has 2 radical (unpaired) electrons. The number of anilines is 3. The fourth-order valence-corrected chi connectivity index (χ4v) is 1.93. The molecule has 1 heterocycles. The Kier molecular flexibility index (Phi) is 2.80. The minimum atomic E-state index is 0.679. The van der Waals surface area contributed by atoms with E-state index in [0.717, 1.165) is 16.6 Å². The molecule has 0 saturated carbocycles. The molecule has 90 valence electrons. The van der Waals surface area contributed by atoms with Gasteiger partial charge in [0.05, 0.1) is 5.52 Å². The van der Waals surface area contributed by atoms with Gasteiger partial charge in [-0.3, -0.25) is 0 Å². The first-order chi connectivity index (χ1) is 9.22. The Bertz CT molecular complexity index is 742. The second-order valence-corrected chi connectivity index (χ2v) is 4.25. The van der Waals surface area contributed by atoms with E-state index in [1.165, 1.54) is 6.33 Å². The highest BCUT2D eigenvalue weighted by Crippen LogP contribution is 2.24. The molecule has 0 atom stereocenters. The molecule has 0 aliphatic carbocycles. The lowest BCUT2D eigenvalue weighted by molar-refractivity contribution is 1.22. The molecule has 0 unspecified atom stereocenters. The molecule has 2 aromatic carbocycles. The van der Waals surface area contributed by atoms with Gasteiger partial charge in [-0.25, -0.2) is 9.97 Å². The van der Waals surface area contributed by atoms with Crippen LogP contribution in [0.5, 0.6) is 0 Å². The predicted molar refractivity (Wildman–Crippen MR) is 79.1 cm³/mol. The lowest BCUT2D eigenvalue weighted by Gasteiger charge is -2.09. The average molecular weight is 246 g/mol. The summed E-state index contributed by atoms with van der Waals surface area (Å²) in [7, 11) is 5.76. The van der Waals surface area contributed by atoms with Gasteiger partial charge in [0, 0.05) is 16.8 Å². The van der Waals surface area contributed by atoms with E-state index < -0.39 is 0 Å². The zero-order valence-electron chi connectivity index (χ0n) is 10.2. The van der Waals surface area contributed by atoms with E-state index in [0.29, 0.717) is 17.0 Å². The Hall–Kier alpha value is -2.56. The van der Waals surface area contributed by atoms with Crippen LogP contribution in [0.2, 0.25) is 0 Å². The first-order valence-corrected chi connectivity index (χ1v) is 5.85. The van der Waals surface area contributed by atoms with Crippen molar-refractivity contribution in [1.82, 2.24) is 9.97 Å². The van der Waals surface area contributed by atoms with Crippen molar-refractivity contribution in [1.29, 1.82) is 0 Å². The van der Waals surface area contributed by atoms with Gasteiger partial charge in [0.2, 0.25) is 0 Å². The maximum Gasteiger partial charge on any atom is 0.141 e. The number of nitrogen functional groups attached to an aromatic ring is 1. The highest BCUT2D eigenvalue weighted by molar-refractivity contribution is 6.32. The van der Waals surface area contributed by atoms with E-state index in [1.807, 2.05) is 42.5 Å². The lowest BCUT2D eigenvalue weighted by atomic mass is 9.96. The number of nitrogens with zero attached hydrogens (tertiary/aromatic N) is 2. The van der Waals surface area contributed by atoms with Gasteiger partial charge in [0.25, 0.3) is 0 Å². The molecule has 0 bridgehead atoms. The molecule has 3 rings (SSSR count). The van der Waals surface area contributed by atoms with Crippen LogP contribution < -0.4 is 16.5 Å². The molecule has 0 aliphatic heterocycles. The summed E-state index contributed by atoms with van der Waals surface area (Å²) >= 11 is 0. The second kappa shape index (κ2) is 4.61. The van der Waals surface area contributed by atoms with Crippen molar-refractivity contribution in [2.75, 3.05) is 11.1 Å². The van der Waals surface area contributed by atoms with E-state index in [9.17, 15) is 0 Å². The number of aromatic nitrogens is 2. The summed E-state index contributed by atoms with van der Waals surface area (Å²) in [6.07, 6.45) is 1.52. The summed E-state index contributed by atoms with van der Waals surface area (Å²) in [5.41, 5.74) is 8.90. The molecule has 3 N–H and O–H groups in total. The quantitative estimate of drug-likeness (QED) is 0.534. The third-order valence-corrected chi connectivity index (χ3v) is 2.81. The van der Waals surface area contributed by atoms with Crippen molar-refractivity contribution in [2.45, 2.75) is 0 Å². The molecule has 3 aromatic rings. The van der Waals surface area contributed by atoms with E-state index >= 15 is 0 Å². The Morgan fingerprint density at radius 2 is 1.95 bits per heavy atom. The SMILES string of the molecule is [B]c1cccc(Nc2ncnc3ccc(N)cc23)c1. The maximum atomic E-state index is 5.81. The van der Waals surface area contributed by atoms with Crippen molar-refractivity contribution in [3.8, 4) is 0 Å². The zero-order valence-corrected chi connectivity index (χ0v) is 10.2. The van der Waals surface area contributed by atoms with Gasteiger partial charge in [-0.2, -0.15) is 0 Å². The third kappa shape index (κ3) is 2.35.